The van der Waals surface area contributed by atoms with E-state index in [1.54, 1.807) is 0 Å². The fourth-order valence-electron chi connectivity index (χ4n) is 3.61. The van der Waals surface area contributed by atoms with E-state index < -0.39 is 0 Å². The van der Waals surface area contributed by atoms with Crippen molar-refractivity contribution in [3.8, 4) is 0 Å². The average Bonchev–Trinajstić information content (AvgIpc) is 3.08. The predicted octanol–water partition coefficient (Wildman–Crippen LogP) is 3.55. The van der Waals surface area contributed by atoms with Crippen LogP contribution >= 0.6 is 0 Å². The molecule has 1 fully saturated rings. The lowest BCUT2D eigenvalue weighted by Crippen LogP contribution is -2.36. The molecule has 0 saturated heterocycles. The second-order valence-electron chi connectivity index (χ2n) is 6.47. The Balaban J connectivity index is 1.86. The molecule has 1 aliphatic rings. The molecular weight excluding hydrogens is 246 g/mol. The van der Waals surface area contributed by atoms with Gasteiger partial charge in [0.2, 0.25) is 0 Å². The lowest BCUT2D eigenvalue weighted by molar-refractivity contribution is 0.330. The highest BCUT2D eigenvalue weighted by Gasteiger charge is 2.29. The number of nitrogens with zero attached hydrogens (tertiary/aromatic N) is 2. The van der Waals surface area contributed by atoms with Gasteiger partial charge in [-0.2, -0.15) is 5.10 Å². The maximum atomic E-state index is 4.28. The second-order valence-corrected chi connectivity index (χ2v) is 6.47. The Labute approximate surface area is 124 Å². The van der Waals surface area contributed by atoms with E-state index in [4.69, 9.17) is 0 Å². The van der Waals surface area contributed by atoms with Gasteiger partial charge in [0, 0.05) is 19.3 Å². The van der Waals surface area contributed by atoms with Crippen molar-refractivity contribution < 1.29 is 0 Å². The number of hydrogen-bond acceptors (Lipinski definition) is 2. The molecule has 2 rings (SSSR count). The van der Waals surface area contributed by atoms with Gasteiger partial charge in [-0.05, 0) is 56.0 Å². The summed E-state index contributed by atoms with van der Waals surface area (Å²) in [4.78, 5) is 0. The van der Waals surface area contributed by atoms with Crippen molar-refractivity contribution in [2.24, 2.45) is 18.9 Å². The van der Waals surface area contributed by atoms with Gasteiger partial charge in [0.1, 0.15) is 0 Å². The monoisotopic (exact) mass is 277 g/mol. The van der Waals surface area contributed by atoms with E-state index in [0.29, 0.717) is 6.04 Å². The third-order valence-electron chi connectivity index (χ3n) is 4.89. The Morgan fingerprint density at radius 1 is 1.40 bits per heavy atom. The molecule has 1 saturated carbocycles. The molecule has 114 valence electrons. The molecule has 3 atom stereocenters. The smallest absolute Gasteiger partial charge is 0.0521 e. The molecule has 1 aromatic rings. The molecule has 0 bridgehead atoms. The first-order valence-corrected chi connectivity index (χ1v) is 8.43. The van der Waals surface area contributed by atoms with Gasteiger partial charge in [0.05, 0.1) is 6.20 Å². The van der Waals surface area contributed by atoms with E-state index in [-0.39, 0.29) is 0 Å². The Morgan fingerprint density at radius 2 is 2.25 bits per heavy atom. The van der Waals surface area contributed by atoms with Crippen molar-refractivity contribution in [3.63, 3.8) is 0 Å². The zero-order chi connectivity index (χ0) is 14.4. The summed E-state index contributed by atoms with van der Waals surface area (Å²) in [6.07, 6.45) is 13.5. The normalized spacial score (nSPS) is 24.1. The second kappa shape index (κ2) is 7.82. The molecule has 20 heavy (non-hydrogen) atoms. The first-order chi connectivity index (χ1) is 9.72. The van der Waals surface area contributed by atoms with Gasteiger partial charge in [-0.25, -0.2) is 0 Å². The van der Waals surface area contributed by atoms with Gasteiger partial charge in [-0.3, -0.25) is 4.68 Å². The van der Waals surface area contributed by atoms with E-state index >= 15 is 0 Å². The summed E-state index contributed by atoms with van der Waals surface area (Å²) in [5, 5.41) is 8.08. The third-order valence-corrected chi connectivity index (χ3v) is 4.89. The number of hydrogen-bond donors (Lipinski definition) is 1. The Morgan fingerprint density at radius 3 is 2.85 bits per heavy atom. The van der Waals surface area contributed by atoms with E-state index in [9.17, 15) is 0 Å². The topological polar surface area (TPSA) is 29.9 Å². The van der Waals surface area contributed by atoms with Crippen LogP contribution in [0.3, 0.4) is 0 Å². The SMILES string of the molecule is CCCNC(CCc1cnn(C)c1)C1CCC(CC)C1. The first kappa shape index (κ1) is 15.6. The number of rotatable bonds is 8. The molecule has 1 N–H and O–H groups in total. The first-order valence-electron chi connectivity index (χ1n) is 8.43. The molecule has 0 aliphatic heterocycles. The molecule has 1 aliphatic carbocycles. The molecule has 0 amide bonds. The van der Waals surface area contributed by atoms with Gasteiger partial charge in [-0.15, -0.1) is 0 Å². The minimum absolute atomic E-state index is 0.701. The minimum Gasteiger partial charge on any atom is -0.314 e. The summed E-state index contributed by atoms with van der Waals surface area (Å²) >= 11 is 0. The van der Waals surface area contributed by atoms with Crippen molar-refractivity contribution in [2.45, 2.75) is 64.8 Å². The molecule has 3 nitrogen and oxygen atoms in total. The maximum absolute atomic E-state index is 4.28. The number of nitrogens with one attached hydrogen (secondary N) is 1. The third kappa shape index (κ3) is 4.34. The minimum atomic E-state index is 0.701. The van der Waals surface area contributed by atoms with Gasteiger partial charge >= 0.3 is 0 Å². The highest BCUT2D eigenvalue weighted by atomic mass is 15.2. The van der Waals surface area contributed by atoms with Crippen LogP contribution in [0.4, 0.5) is 0 Å². The van der Waals surface area contributed by atoms with Crippen LogP contribution in [0.5, 0.6) is 0 Å². The number of aryl methyl sites for hydroxylation is 2. The standard InChI is InChI=1S/C17H31N3/c1-4-10-18-17(16-8-6-14(5-2)11-16)9-7-15-12-19-20(3)13-15/h12-14,16-18H,4-11H2,1-3H3. The van der Waals surface area contributed by atoms with Crippen molar-refractivity contribution in [2.75, 3.05) is 6.54 Å². The quantitative estimate of drug-likeness (QED) is 0.787. The zero-order valence-corrected chi connectivity index (χ0v) is 13.4. The van der Waals surface area contributed by atoms with Gasteiger partial charge in [-0.1, -0.05) is 26.7 Å². The lowest BCUT2D eigenvalue weighted by Gasteiger charge is -2.25. The Hall–Kier alpha value is -0.830. The molecule has 0 aromatic carbocycles. The molecule has 0 radical (unpaired) electrons. The van der Waals surface area contributed by atoms with Gasteiger partial charge in [0.15, 0.2) is 0 Å². The predicted molar refractivity (Wildman–Crippen MR) is 84.7 cm³/mol. The molecular formula is C17H31N3. The van der Waals surface area contributed by atoms with Crippen molar-refractivity contribution >= 4 is 0 Å². The maximum Gasteiger partial charge on any atom is 0.0521 e. The van der Waals surface area contributed by atoms with E-state index in [1.165, 1.54) is 44.1 Å². The van der Waals surface area contributed by atoms with E-state index in [2.05, 4.69) is 30.5 Å². The number of aromatic nitrogens is 2. The fraction of sp³-hybridized carbons (Fsp3) is 0.824. The van der Waals surface area contributed by atoms with Crippen LogP contribution in [0.1, 0.15) is 57.9 Å². The van der Waals surface area contributed by atoms with Crippen LogP contribution in [0.25, 0.3) is 0 Å². The van der Waals surface area contributed by atoms with Crippen LogP contribution in [0.2, 0.25) is 0 Å². The van der Waals surface area contributed by atoms with Crippen LogP contribution in [0.15, 0.2) is 12.4 Å². The molecule has 1 aromatic heterocycles. The fourth-order valence-corrected chi connectivity index (χ4v) is 3.61. The van der Waals surface area contributed by atoms with Crippen molar-refractivity contribution in [1.82, 2.24) is 15.1 Å². The van der Waals surface area contributed by atoms with E-state index in [0.717, 1.165) is 24.8 Å². The summed E-state index contributed by atoms with van der Waals surface area (Å²) in [5.41, 5.74) is 1.38. The van der Waals surface area contributed by atoms with E-state index in [1.807, 2.05) is 17.9 Å². The van der Waals surface area contributed by atoms with Crippen LogP contribution in [-0.4, -0.2) is 22.4 Å². The molecule has 3 heteroatoms. The van der Waals surface area contributed by atoms with Crippen molar-refractivity contribution in [3.05, 3.63) is 18.0 Å². The molecule has 1 heterocycles. The largest absolute Gasteiger partial charge is 0.314 e. The Bertz CT molecular complexity index is 385. The lowest BCUT2D eigenvalue weighted by atomic mass is 9.91. The summed E-state index contributed by atoms with van der Waals surface area (Å²) in [6, 6.07) is 0.701. The molecule has 0 spiro atoms. The highest BCUT2D eigenvalue weighted by molar-refractivity contribution is 5.04. The highest BCUT2D eigenvalue weighted by Crippen LogP contribution is 2.36. The average molecular weight is 277 g/mol. The summed E-state index contributed by atoms with van der Waals surface area (Å²) in [5.74, 6) is 1.87. The van der Waals surface area contributed by atoms with Crippen LogP contribution in [-0.2, 0) is 13.5 Å². The summed E-state index contributed by atoms with van der Waals surface area (Å²) < 4.78 is 1.91. The van der Waals surface area contributed by atoms with Gasteiger partial charge < -0.3 is 5.32 Å². The van der Waals surface area contributed by atoms with Crippen molar-refractivity contribution in [1.29, 1.82) is 0 Å². The van der Waals surface area contributed by atoms with Crippen LogP contribution < -0.4 is 5.32 Å². The Kier molecular flexibility index (Phi) is 6.08. The van der Waals surface area contributed by atoms with Crippen LogP contribution in [0, 0.1) is 11.8 Å². The summed E-state index contributed by atoms with van der Waals surface area (Å²) in [7, 11) is 2.00. The molecule has 3 unspecified atom stereocenters. The summed E-state index contributed by atoms with van der Waals surface area (Å²) in [6.45, 7) is 5.76. The zero-order valence-electron chi connectivity index (χ0n) is 13.4. The van der Waals surface area contributed by atoms with Gasteiger partial charge in [0.25, 0.3) is 0 Å².